The molecule has 5 rings (SSSR count). The number of benzene rings is 2. The summed E-state index contributed by atoms with van der Waals surface area (Å²) in [7, 11) is 0. The van der Waals surface area contributed by atoms with Crippen molar-refractivity contribution >= 4 is 34.5 Å². The van der Waals surface area contributed by atoms with Crippen molar-refractivity contribution in [1.29, 1.82) is 0 Å². The zero-order valence-corrected chi connectivity index (χ0v) is 22.9. The van der Waals surface area contributed by atoms with Crippen molar-refractivity contribution in [2.45, 2.75) is 44.2 Å². The van der Waals surface area contributed by atoms with E-state index >= 15 is 0 Å². The van der Waals surface area contributed by atoms with E-state index in [2.05, 4.69) is 45.0 Å². The molecule has 0 aliphatic carbocycles. The maximum absolute atomic E-state index is 10.6. The molecule has 1 N–H and O–H groups in total. The molecule has 190 valence electrons. The van der Waals surface area contributed by atoms with E-state index in [4.69, 9.17) is 23.2 Å². The average Bonchev–Trinajstić information content (AvgIpc) is 3.53. The van der Waals surface area contributed by atoms with Crippen LogP contribution in [0.3, 0.4) is 0 Å². The van der Waals surface area contributed by atoms with Crippen LogP contribution in [0.5, 0.6) is 0 Å². The summed E-state index contributed by atoms with van der Waals surface area (Å²) < 4.78 is 0. The van der Waals surface area contributed by atoms with Gasteiger partial charge in [0.15, 0.2) is 0 Å². The number of aliphatic hydroxyl groups is 1. The third-order valence-electron chi connectivity index (χ3n) is 7.57. The molecule has 6 heteroatoms. The fourth-order valence-corrected chi connectivity index (χ4v) is 6.83. The van der Waals surface area contributed by atoms with Gasteiger partial charge in [-0.25, -0.2) is 0 Å². The number of rotatable bonds is 8. The average molecular weight is 542 g/mol. The number of piperidine rings is 1. The first-order valence-electron chi connectivity index (χ1n) is 12.9. The number of nitrogens with zero attached hydrogens (tertiary/aromatic N) is 2. The molecule has 0 spiro atoms. The van der Waals surface area contributed by atoms with Gasteiger partial charge in [0.25, 0.3) is 0 Å². The Morgan fingerprint density at radius 2 is 1.86 bits per heavy atom. The third kappa shape index (κ3) is 6.73. The summed E-state index contributed by atoms with van der Waals surface area (Å²) in [6.07, 6.45) is 6.11. The predicted octanol–water partition coefficient (Wildman–Crippen LogP) is 7.24. The Morgan fingerprint density at radius 3 is 2.58 bits per heavy atom. The molecule has 1 aromatic heterocycles. The van der Waals surface area contributed by atoms with Crippen molar-refractivity contribution in [1.82, 2.24) is 9.80 Å². The minimum atomic E-state index is -0.256. The van der Waals surface area contributed by atoms with Crippen LogP contribution in [0, 0.1) is 5.92 Å². The normalized spacial score (nSPS) is 21.4. The van der Waals surface area contributed by atoms with Gasteiger partial charge in [-0.3, -0.25) is 4.90 Å². The second-order valence-corrected chi connectivity index (χ2v) is 11.9. The van der Waals surface area contributed by atoms with Crippen LogP contribution in [0.25, 0.3) is 0 Å². The molecular formula is C30H34Cl2N2OS. The van der Waals surface area contributed by atoms with Crippen LogP contribution >= 0.6 is 34.5 Å². The van der Waals surface area contributed by atoms with Gasteiger partial charge in [-0.15, -0.1) is 0 Å². The van der Waals surface area contributed by atoms with Gasteiger partial charge in [-0.05, 0) is 82.8 Å². The molecule has 3 nitrogen and oxygen atoms in total. The van der Waals surface area contributed by atoms with Gasteiger partial charge in [-0.1, -0.05) is 59.6 Å². The summed E-state index contributed by atoms with van der Waals surface area (Å²) in [5.41, 5.74) is 5.24. The van der Waals surface area contributed by atoms with Gasteiger partial charge in [0, 0.05) is 54.9 Å². The van der Waals surface area contributed by atoms with Gasteiger partial charge in [0.1, 0.15) is 0 Å². The Kier molecular flexibility index (Phi) is 8.71. The summed E-state index contributed by atoms with van der Waals surface area (Å²) in [5, 5.41) is 16.5. The molecule has 2 aliphatic rings. The lowest BCUT2D eigenvalue weighted by molar-refractivity contribution is 0.119. The van der Waals surface area contributed by atoms with E-state index < -0.39 is 0 Å². The smallest absolute Gasteiger partial charge is 0.0583 e. The van der Waals surface area contributed by atoms with Gasteiger partial charge >= 0.3 is 0 Å². The number of hydrogen-bond acceptors (Lipinski definition) is 4. The largest absolute Gasteiger partial charge is 0.393 e. The summed E-state index contributed by atoms with van der Waals surface area (Å²) >= 11 is 14.4. The van der Waals surface area contributed by atoms with E-state index in [1.54, 1.807) is 11.3 Å². The van der Waals surface area contributed by atoms with Crippen LogP contribution in [0.15, 0.2) is 77.1 Å². The minimum absolute atomic E-state index is 0.256. The van der Waals surface area contributed by atoms with E-state index in [-0.39, 0.29) is 6.10 Å². The number of hydrogen-bond donors (Lipinski definition) is 1. The van der Waals surface area contributed by atoms with Crippen molar-refractivity contribution in [2.75, 3.05) is 26.2 Å². The number of thiophene rings is 1. The molecule has 2 unspecified atom stereocenters. The van der Waals surface area contributed by atoms with Crippen molar-refractivity contribution < 1.29 is 5.11 Å². The van der Waals surface area contributed by atoms with Crippen LogP contribution in [0.2, 0.25) is 10.0 Å². The fraction of sp³-hybridized carbons (Fsp3) is 0.400. The first kappa shape index (κ1) is 25.8. The molecule has 2 saturated heterocycles. The summed E-state index contributed by atoms with van der Waals surface area (Å²) in [6, 6.07) is 18.4. The molecule has 2 aromatic carbocycles. The van der Waals surface area contributed by atoms with Crippen molar-refractivity contribution in [3.63, 3.8) is 0 Å². The third-order valence-corrected chi connectivity index (χ3v) is 8.85. The Hall–Kier alpha value is -1.82. The molecule has 0 saturated carbocycles. The highest BCUT2D eigenvalue weighted by atomic mass is 35.5. The monoisotopic (exact) mass is 540 g/mol. The molecule has 0 radical (unpaired) electrons. The maximum atomic E-state index is 10.6. The van der Waals surface area contributed by atoms with Crippen LogP contribution in [-0.2, 0) is 13.0 Å². The minimum Gasteiger partial charge on any atom is -0.393 e. The zero-order chi connectivity index (χ0) is 24.9. The summed E-state index contributed by atoms with van der Waals surface area (Å²) in [5.74, 6) is 1.02. The lowest BCUT2D eigenvalue weighted by Gasteiger charge is -2.33. The summed E-state index contributed by atoms with van der Waals surface area (Å²) in [4.78, 5) is 5.00. The second kappa shape index (κ2) is 12.1. The molecule has 3 aromatic rings. The van der Waals surface area contributed by atoms with E-state index in [0.29, 0.717) is 16.9 Å². The number of aliphatic hydroxyl groups excluding tert-OH is 1. The Balaban J connectivity index is 1.19. The van der Waals surface area contributed by atoms with E-state index in [1.165, 1.54) is 16.7 Å². The van der Waals surface area contributed by atoms with Crippen LogP contribution < -0.4 is 0 Å². The van der Waals surface area contributed by atoms with Crippen molar-refractivity contribution in [3.05, 3.63) is 104 Å². The van der Waals surface area contributed by atoms with Crippen LogP contribution in [0.4, 0.5) is 0 Å². The molecule has 2 aliphatic heterocycles. The molecular weight excluding hydrogens is 507 g/mol. The second-order valence-electron chi connectivity index (χ2n) is 10.3. The van der Waals surface area contributed by atoms with Crippen molar-refractivity contribution in [2.24, 2.45) is 5.92 Å². The highest BCUT2D eigenvalue weighted by molar-refractivity contribution is 7.08. The molecule has 2 fully saturated rings. The Bertz CT molecular complexity index is 1140. The van der Waals surface area contributed by atoms with E-state index in [1.807, 2.05) is 36.4 Å². The lowest BCUT2D eigenvalue weighted by atomic mass is 9.89. The van der Waals surface area contributed by atoms with Crippen LogP contribution in [0.1, 0.15) is 41.9 Å². The van der Waals surface area contributed by atoms with Crippen LogP contribution in [-0.4, -0.2) is 47.2 Å². The van der Waals surface area contributed by atoms with Gasteiger partial charge in [-0.2, -0.15) is 11.3 Å². The van der Waals surface area contributed by atoms with Gasteiger partial charge in [0.2, 0.25) is 0 Å². The predicted molar refractivity (Wildman–Crippen MR) is 152 cm³/mol. The number of likely N-dealkylation sites (tertiary alicyclic amines) is 2. The summed E-state index contributed by atoms with van der Waals surface area (Å²) in [6.45, 7) is 4.91. The lowest BCUT2D eigenvalue weighted by Crippen LogP contribution is -2.32. The first-order valence-corrected chi connectivity index (χ1v) is 14.6. The number of halogens is 2. The van der Waals surface area contributed by atoms with E-state index in [0.717, 1.165) is 69.0 Å². The maximum Gasteiger partial charge on any atom is 0.0583 e. The molecule has 2 atom stereocenters. The standard InChI is InChI=1S/C30H34Cl2N2OS/c31-27-7-6-24(30(32)16-27)17-34-19-26(29(20-34)25-10-13-36-21-25)18-33-11-8-23(9-12-33)15-28(35)14-22-4-2-1-3-5-22/h1-7,10,13,16,18,21,23,28-29,35H,8-9,11-12,14-15,17,19-20H2/b26-18+. The molecule has 3 heterocycles. The topological polar surface area (TPSA) is 26.7 Å². The molecule has 0 amide bonds. The Morgan fingerprint density at radius 1 is 1.06 bits per heavy atom. The molecule has 0 bridgehead atoms. The van der Waals surface area contributed by atoms with Gasteiger partial charge < -0.3 is 10.0 Å². The highest BCUT2D eigenvalue weighted by Crippen LogP contribution is 2.36. The Labute approximate surface area is 229 Å². The quantitative estimate of drug-likeness (QED) is 0.326. The van der Waals surface area contributed by atoms with Gasteiger partial charge in [0.05, 0.1) is 6.10 Å². The fourth-order valence-electron chi connectivity index (χ4n) is 5.65. The highest BCUT2D eigenvalue weighted by Gasteiger charge is 2.30. The zero-order valence-electron chi connectivity index (χ0n) is 20.5. The first-order chi connectivity index (χ1) is 17.5. The van der Waals surface area contributed by atoms with E-state index in [9.17, 15) is 5.11 Å². The molecule has 36 heavy (non-hydrogen) atoms. The SMILES string of the molecule is OC(Cc1ccccc1)CC1CCN(/C=C2\CN(Cc3ccc(Cl)cc3Cl)CC2c2ccsc2)CC1. The van der Waals surface area contributed by atoms with Crippen molar-refractivity contribution in [3.8, 4) is 0 Å².